The second kappa shape index (κ2) is 6.72. The molecular formula is C15H15F3N2O3. The largest absolute Gasteiger partial charge is 0.497 e. The summed E-state index contributed by atoms with van der Waals surface area (Å²) in [5, 5.41) is 0. The number of carbonyl (C=O) groups excluding carboxylic acids is 1. The number of rotatable bonds is 5. The fraction of sp³-hybridized carbons (Fsp3) is 0.333. The third kappa shape index (κ3) is 3.82. The van der Waals surface area contributed by atoms with Crippen LogP contribution in [0.15, 0.2) is 30.6 Å². The number of alkyl halides is 3. The number of hydrogen-bond donors (Lipinski definition) is 0. The van der Waals surface area contributed by atoms with Crippen LogP contribution in [0.1, 0.15) is 28.7 Å². The molecule has 0 unspecified atom stereocenters. The maximum absolute atomic E-state index is 13.0. The van der Waals surface area contributed by atoms with Crippen molar-refractivity contribution in [2.24, 2.45) is 0 Å². The molecule has 0 aliphatic rings. The summed E-state index contributed by atoms with van der Waals surface area (Å²) >= 11 is 0. The summed E-state index contributed by atoms with van der Waals surface area (Å²) in [6.07, 6.45) is -3.74. The Balaban J connectivity index is 2.37. The summed E-state index contributed by atoms with van der Waals surface area (Å²) in [4.78, 5) is 15.2. The summed E-state index contributed by atoms with van der Waals surface area (Å²) in [6, 6.07) is 6.75. The van der Waals surface area contributed by atoms with Crippen molar-refractivity contribution in [3.63, 3.8) is 0 Å². The third-order valence-electron chi connectivity index (χ3n) is 3.09. The van der Waals surface area contributed by atoms with Gasteiger partial charge in [0.2, 0.25) is 0 Å². The maximum Gasteiger partial charge on any atom is 0.435 e. The van der Waals surface area contributed by atoms with Crippen molar-refractivity contribution in [3.8, 4) is 5.75 Å². The lowest BCUT2D eigenvalue weighted by Crippen LogP contribution is -2.19. The van der Waals surface area contributed by atoms with Crippen molar-refractivity contribution in [1.82, 2.24) is 9.55 Å². The molecule has 1 aromatic carbocycles. The molecule has 0 spiro atoms. The Morgan fingerprint density at radius 2 is 1.91 bits per heavy atom. The molecular weight excluding hydrogens is 313 g/mol. The van der Waals surface area contributed by atoms with Crippen molar-refractivity contribution in [2.75, 3.05) is 13.7 Å². The summed E-state index contributed by atoms with van der Waals surface area (Å²) in [6.45, 7) is 1.56. The summed E-state index contributed by atoms with van der Waals surface area (Å²) in [5.74, 6) is -0.424. The minimum Gasteiger partial charge on any atom is -0.497 e. The van der Waals surface area contributed by atoms with E-state index in [2.05, 4.69) is 4.98 Å². The van der Waals surface area contributed by atoms with E-state index in [1.165, 1.54) is 14.0 Å². The van der Waals surface area contributed by atoms with E-state index >= 15 is 0 Å². The number of ether oxygens (including phenoxy) is 2. The minimum absolute atomic E-state index is 0.0240. The van der Waals surface area contributed by atoms with Gasteiger partial charge in [0.25, 0.3) is 0 Å². The van der Waals surface area contributed by atoms with Gasteiger partial charge in [-0.25, -0.2) is 9.78 Å². The van der Waals surface area contributed by atoms with Gasteiger partial charge in [-0.3, -0.25) is 0 Å². The molecule has 0 fully saturated rings. The molecule has 0 N–H and O–H groups in total. The fourth-order valence-electron chi connectivity index (χ4n) is 2.05. The van der Waals surface area contributed by atoms with E-state index in [-0.39, 0.29) is 13.2 Å². The molecule has 8 heteroatoms. The zero-order valence-corrected chi connectivity index (χ0v) is 12.6. The molecule has 1 heterocycles. The molecule has 2 rings (SSSR count). The molecule has 2 aromatic rings. The highest BCUT2D eigenvalue weighted by Gasteiger charge is 2.40. The second-order valence-corrected chi connectivity index (χ2v) is 4.64. The lowest BCUT2D eigenvalue weighted by Gasteiger charge is -2.11. The summed E-state index contributed by atoms with van der Waals surface area (Å²) in [5.41, 5.74) is -1.15. The Kier molecular flexibility index (Phi) is 4.92. The van der Waals surface area contributed by atoms with E-state index in [4.69, 9.17) is 9.47 Å². The van der Waals surface area contributed by atoms with Crippen LogP contribution in [0.4, 0.5) is 13.2 Å². The van der Waals surface area contributed by atoms with Crippen LogP contribution in [0.2, 0.25) is 0 Å². The van der Waals surface area contributed by atoms with Crippen LogP contribution in [0.25, 0.3) is 0 Å². The Morgan fingerprint density at radius 1 is 1.26 bits per heavy atom. The van der Waals surface area contributed by atoms with Gasteiger partial charge in [0.15, 0.2) is 11.4 Å². The van der Waals surface area contributed by atoms with E-state index in [9.17, 15) is 18.0 Å². The van der Waals surface area contributed by atoms with Gasteiger partial charge in [-0.15, -0.1) is 0 Å². The van der Waals surface area contributed by atoms with E-state index in [0.717, 1.165) is 10.9 Å². The SMILES string of the molecule is CCOC(=O)c1c(C(F)(F)F)ncn1Cc1ccc(OC)cc1. The van der Waals surface area contributed by atoms with Crippen LogP contribution in [0.3, 0.4) is 0 Å². The minimum atomic E-state index is -4.73. The standard InChI is InChI=1S/C15H15F3N2O3/c1-3-23-14(21)12-13(15(16,17)18)19-9-20(12)8-10-4-6-11(22-2)7-5-10/h4-7,9H,3,8H2,1-2H3. The van der Waals surface area contributed by atoms with E-state index in [0.29, 0.717) is 11.3 Å². The van der Waals surface area contributed by atoms with Crippen LogP contribution in [0, 0.1) is 0 Å². The first-order valence-corrected chi connectivity index (χ1v) is 6.79. The average molecular weight is 328 g/mol. The van der Waals surface area contributed by atoms with E-state index in [1.54, 1.807) is 24.3 Å². The van der Waals surface area contributed by atoms with Gasteiger partial charge in [0, 0.05) is 6.54 Å². The summed E-state index contributed by atoms with van der Waals surface area (Å²) in [7, 11) is 1.51. The normalized spacial score (nSPS) is 11.3. The number of esters is 1. The first kappa shape index (κ1) is 16.9. The van der Waals surface area contributed by atoms with Gasteiger partial charge in [-0.2, -0.15) is 13.2 Å². The van der Waals surface area contributed by atoms with Crippen LogP contribution < -0.4 is 4.74 Å². The van der Waals surface area contributed by atoms with Gasteiger partial charge in [-0.05, 0) is 24.6 Å². The average Bonchev–Trinajstić information content (AvgIpc) is 2.92. The number of halogens is 3. The molecule has 0 bridgehead atoms. The van der Waals surface area contributed by atoms with Gasteiger partial charge >= 0.3 is 12.1 Å². The van der Waals surface area contributed by atoms with Crippen molar-refractivity contribution in [1.29, 1.82) is 0 Å². The molecule has 0 amide bonds. The summed E-state index contributed by atoms with van der Waals surface area (Å²) < 4.78 is 49.9. The predicted octanol–water partition coefficient (Wildman–Crippen LogP) is 3.14. The second-order valence-electron chi connectivity index (χ2n) is 4.64. The topological polar surface area (TPSA) is 53.3 Å². The number of benzene rings is 1. The van der Waals surface area contributed by atoms with Gasteiger partial charge in [0.1, 0.15) is 5.75 Å². The van der Waals surface area contributed by atoms with Gasteiger partial charge in [0.05, 0.1) is 20.0 Å². The molecule has 1 aromatic heterocycles. The smallest absolute Gasteiger partial charge is 0.435 e. The predicted molar refractivity (Wildman–Crippen MR) is 75.3 cm³/mol. The highest BCUT2D eigenvalue weighted by molar-refractivity contribution is 5.89. The number of carbonyl (C=O) groups is 1. The molecule has 124 valence electrons. The van der Waals surface area contributed by atoms with E-state index < -0.39 is 23.5 Å². The lowest BCUT2D eigenvalue weighted by atomic mass is 10.2. The Morgan fingerprint density at radius 3 is 2.43 bits per heavy atom. The molecule has 0 saturated carbocycles. The van der Waals surface area contributed by atoms with Crippen molar-refractivity contribution in [2.45, 2.75) is 19.6 Å². The highest BCUT2D eigenvalue weighted by atomic mass is 19.4. The number of nitrogens with zero attached hydrogens (tertiary/aromatic N) is 2. The number of methoxy groups -OCH3 is 1. The lowest BCUT2D eigenvalue weighted by molar-refractivity contribution is -0.141. The van der Waals surface area contributed by atoms with Crippen molar-refractivity contribution < 1.29 is 27.4 Å². The Bertz CT molecular complexity index is 678. The quantitative estimate of drug-likeness (QED) is 0.791. The molecule has 0 radical (unpaired) electrons. The zero-order valence-electron chi connectivity index (χ0n) is 12.6. The molecule has 0 aliphatic carbocycles. The van der Waals surface area contributed by atoms with Crippen molar-refractivity contribution in [3.05, 3.63) is 47.5 Å². The molecule has 5 nitrogen and oxygen atoms in total. The van der Waals surface area contributed by atoms with E-state index in [1.807, 2.05) is 0 Å². The maximum atomic E-state index is 13.0. The number of hydrogen-bond acceptors (Lipinski definition) is 4. The first-order chi connectivity index (χ1) is 10.9. The van der Waals surface area contributed by atoms with Crippen LogP contribution in [0.5, 0.6) is 5.75 Å². The third-order valence-corrected chi connectivity index (χ3v) is 3.09. The Labute approximate surface area is 130 Å². The molecule has 0 saturated heterocycles. The van der Waals surface area contributed by atoms with Crippen molar-refractivity contribution >= 4 is 5.97 Å². The molecule has 23 heavy (non-hydrogen) atoms. The van der Waals surface area contributed by atoms with Crippen LogP contribution >= 0.6 is 0 Å². The molecule has 0 atom stereocenters. The number of aromatic nitrogens is 2. The van der Waals surface area contributed by atoms with Gasteiger partial charge < -0.3 is 14.0 Å². The van der Waals surface area contributed by atoms with Gasteiger partial charge in [-0.1, -0.05) is 12.1 Å². The fourth-order valence-corrected chi connectivity index (χ4v) is 2.05. The zero-order chi connectivity index (χ0) is 17.0. The van der Waals surface area contributed by atoms with Crippen LogP contribution in [-0.2, 0) is 17.5 Å². The highest BCUT2D eigenvalue weighted by Crippen LogP contribution is 2.31. The Hall–Kier alpha value is -2.51. The first-order valence-electron chi connectivity index (χ1n) is 6.79. The number of imidazole rings is 1. The molecule has 0 aliphatic heterocycles. The van der Waals surface area contributed by atoms with Crippen LogP contribution in [-0.4, -0.2) is 29.2 Å². The monoisotopic (exact) mass is 328 g/mol.